The van der Waals surface area contributed by atoms with Gasteiger partial charge < -0.3 is 5.32 Å². The summed E-state index contributed by atoms with van der Waals surface area (Å²) in [6.45, 7) is 4.13. The molecule has 0 fully saturated rings. The van der Waals surface area contributed by atoms with Gasteiger partial charge in [-0.25, -0.2) is 0 Å². The Labute approximate surface area is 102 Å². The minimum absolute atomic E-state index is 0.0359. The lowest BCUT2D eigenvalue weighted by atomic mass is 9.86. The highest BCUT2D eigenvalue weighted by molar-refractivity contribution is 6.30. The van der Waals surface area contributed by atoms with Crippen molar-refractivity contribution in [3.8, 4) is 6.07 Å². The van der Waals surface area contributed by atoms with Gasteiger partial charge in [0.25, 0.3) is 0 Å². The Balaban J connectivity index is 2.98. The normalized spacial score (nSPS) is 14.5. The van der Waals surface area contributed by atoms with Crippen LogP contribution in [-0.2, 0) is 0 Å². The largest absolute Gasteiger partial charge is 0.312 e. The van der Waals surface area contributed by atoms with Gasteiger partial charge in [-0.05, 0) is 30.7 Å². The monoisotopic (exact) mass is 236 g/mol. The molecule has 2 unspecified atom stereocenters. The van der Waals surface area contributed by atoms with Crippen molar-refractivity contribution in [1.82, 2.24) is 5.32 Å². The summed E-state index contributed by atoms with van der Waals surface area (Å²) >= 11 is 5.85. The Hall–Kier alpha value is -1.04. The topological polar surface area (TPSA) is 35.8 Å². The molecule has 2 atom stereocenters. The predicted octanol–water partition coefficient (Wildman–Crippen LogP) is 3.40. The second-order valence-corrected chi connectivity index (χ2v) is 4.65. The van der Waals surface area contributed by atoms with Crippen molar-refractivity contribution in [3.05, 3.63) is 34.9 Å². The van der Waals surface area contributed by atoms with E-state index in [9.17, 15) is 5.26 Å². The molecule has 0 aliphatic rings. The molecule has 0 radical (unpaired) electrons. The fraction of sp³-hybridized carbons (Fsp3) is 0.462. The van der Waals surface area contributed by atoms with Gasteiger partial charge in [-0.15, -0.1) is 0 Å². The number of nitrogens with zero attached hydrogens (tertiary/aromatic N) is 1. The van der Waals surface area contributed by atoms with Crippen LogP contribution >= 0.6 is 11.6 Å². The molecule has 1 rings (SSSR count). The highest BCUT2D eigenvalue weighted by Crippen LogP contribution is 2.28. The molecule has 3 heteroatoms. The third kappa shape index (κ3) is 2.98. The SMILES string of the molecule is CNC(c1ccc(Cl)cc1)C(C#N)C(C)C. The van der Waals surface area contributed by atoms with E-state index in [0.29, 0.717) is 5.92 Å². The molecule has 1 aromatic carbocycles. The zero-order valence-electron chi connectivity index (χ0n) is 9.87. The summed E-state index contributed by atoms with van der Waals surface area (Å²) < 4.78 is 0. The van der Waals surface area contributed by atoms with E-state index in [0.717, 1.165) is 10.6 Å². The third-order valence-electron chi connectivity index (χ3n) is 2.77. The lowest BCUT2D eigenvalue weighted by molar-refractivity contribution is 0.363. The average molecular weight is 237 g/mol. The van der Waals surface area contributed by atoms with Crippen LogP contribution in [0.4, 0.5) is 0 Å². The fourth-order valence-corrected chi connectivity index (χ4v) is 1.96. The van der Waals surface area contributed by atoms with E-state index in [4.69, 9.17) is 11.6 Å². The summed E-state index contributed by atoms with van der Waals surface area (Å²) in [5, 5.41) is 13.1. The number of nitriles is 1. The van der Waals surface area contributed by atoms with Crippen molar-refractivity contribution < 1.29 is 0 Å². The Bertz CT molecular complexity index is 365. The highest BCUT2D eigenvalue weighted by atomic mass is 35.5. The van der Waals surface area contributed by atoms with E-state index in [1.54, 1.807) is 0 Å². The minimum atomic E-state index is -0.0359. The number of halogens is 1. The zero-order chi connectivity index (χ0) is 12.1. The maximum absolute atomic E-state index is 9.20. The van der Waals surface area contributed by atoms with Gasteiger partial charge in [-0.1, -0.05) is 37.6 Å². The average Bonchev–Trinajstić information content (AvgIpc) is 2.26. The standard InChI is InChI=1S/C13H17ClN2/c1-9(2)12(8-15)13(16-3)10-4-6-11(14)7-5-10/h4-7,9,12-13,16H,1-3H3. The van der Waals surface area contributed by atoms with Gasteiger partial charge in [-0.2, -0.15) is 5.26 Å². The lowest BCUT2D eigenvalue weighted by Crippen LogP contribution is -2.27. The van der Waals surface area contributed by atoms with Gasteiger partial charge in [0.1, 0.15) is 0 Å². The maximum atomic E-state index is 9.20. The zero-order valence-corrected chi connectivity index (χ0v) is 10.6. The number of hydrogen-bond donors (Lipinski definition) is 1. The minimum Gasteiger partial charge on any atom is -0.312 e. The van der Waals surface area contributed by atoms with Crippen LogP contribution in [0.15, 0.2) is 24.3 Å². The summed E-state index contributed by atoms with van der Waals surface area (Å²) in [6.07, 6.45) is 0. The van der Waals surface area contributed by atoms with Crippen LogP contribution in [0.3, 0.4) is 0 Å². The quantitative estimate of drug-likeness (QED) is 0.870. The first kappa shape index (κ1) is 13.0. The first-order valence-corrected chi connectivity index (χ1v) is 5.80. The van der Waals surface area contributed by atoms with Crippen molar-refractivity contribution in [1.29, 1.82) is 5.26 Å². The molecule has 0 aliphatic carbocycles. The molecule has 0 heterocycles. The van der Waals surface area contributed by atoms with Crippen molar-refractivity contribution >= 4 is 11.6 Å². The molecule has 16 heavy (non-hydrogen) atoms. The lowest BCUT2D eigenvalue weighted by Gasteiger charge is -2.24. The molecule has 0 spiro atoms. The van der Waals surface area contributed by atoms with E-state index in [1.807, 2.05) is 31.3 Å². The number of nitrogens with one attached hydrogen (secondary N) is 1. The van der Waals surface area contributed by atoms with Crippen molar-refractivity contribution in [2.45, 2.75) is 19.9 Å². The number of hydrogen-bond acceptors (Lipinski definition) is 2. The van der Waals surface area contributed by atoms with Gasteiger partial charge in [0.15, 0.2) is 0 Å². The molecule has 0 saturated heterocycles. The number of rotatable bonds is 4. The van der Waals surface area contributed by atoms with E-state index in [1.165, 1.54) is 0 Å². The summed E-state index contributed by atoms with van der Waals surface area (Å²) in [7, 11) is 1.88. The van der Waals surface area contributed by atoms with Crippen molar-refractivity contribution in [2.75, 3.05) is 7.05 Å². The summed E-state index contributed by atoms with van der Waals surface area (Å²) in [6, 6.07) is 10.1. The van der Waals surface area contributed by atoms with Crippen LogP contribution in [0.2, 0.25) is 5.02 Å². The highest BCUT2D eigenvalue weighted by Gasteiger charge is 2.24. The van der Waals surface area contributed by atoms with Gasteiger partial charge in [0.05, 0.1) is 12.0 Å². The molecule has 0 amide bonds. The van der Waals surface area contributed by atoms with E-state index in [-0.39, 0.29) is 12.0 Å². The summed E-state index contributed by atoms with van der Waals surface area (Å²) in [5.41, 5.74) is 1.10. The Kier molecular flexibility index (Phi) is 4.79. The maximum Gasteiger partial charge on any atom is 0.0681 e. The third-order valence-corrected chi connectivity index (χ3v) is 3.02. The second-order valence-electron chi connectivity index (χ2n) is 4.22. The molecule has 0 bridgehead atoms. The van der Waals surface area contributed by atoms with Crippen LogP contribution in [0, 0.1) is 23.2 Å². The second kappa shape index (κ2) is 5.89. The van der Waals surface area contributed by atoms with Crippen LogP contribution < -0.4 is 5.32 Å². The fourth-order valence-electron chi connectivity index (χ4n) is 1.83. The first-order valence-electron chi connectivity index (χ1n) is 5.42. The summed E-state index contributed by atoms with van der Waals surface area (Å²) in [4.78, 5) is 0. The van der Waals surface area contributed by atoms with Crippen LogP contribution in [0.5, 0.6) is 0 Å². The molecule has 86 valence electrons. The molecule has 1 aromatic rings. The van der Waals surface area contributed by atoms with Crippen LogP contribution in [0.1, 0.15) is 25.5 Å². The van der Waals surface area contributed by atoms with Crippen molar-refractivity contribution in [3.63, 3.8) is 0 Å². The summed E-state index contributed by atoms with van der Waals surface area (Å²) in [5.74, 6) is 0.282. The van der Waals surface area contributed by atoms with Crippen LogP contribution in [-0.4, -0.2) is 7.05 Å². The Morgan fingerprint density at radius 3 is 2.19 bits per heavy atom. The predicted molar refractivity (Wildman–Crippen MR) is 67.2 cm³/mol. The smallest absolute Gasteiger partial charge is 0.0681 e. The van der Waals surface area contributed by atoms with E-state index < -0.39 is 0 Å². The van der Waals surface area contributed by atoms with E-state index in [2.05, 4.69) is 25.2 Å². The van der Waals surface area contributed by atoms with Gasteiger partial charge in [0.2, 0.25) is 0 Å². The van der Waals surface area contributed by atoms with Crippen molar-refractivity contribution in [2.24, 2.45) is 11.8 Å². The van der Waals surface area contributed by atoms with Gasteiger partial charge >= 0.3 is 0 Å². The molecular weight excluding hydrogens is 220 g/mol. The molecular formula is C13H17ClN2. The molecule has 2 nitrogen and oxygen atoms in total. The van der Waals surface area contributed by atoms with E-state index >= 15 is 0 Å². The Morgan fingerprint density at radius 2 is 1.81 bits per heavy atom. The van der Waals surface area contributed by atoms with Gasteiger partial charge in [-0.3, -0.25) is 0 Å². The molecule has 0 aliphatic heterocycles. The molecule has 0 aromatic heterocycles. The first-order chi connectivity index (χ1) is 7.60. The molecule has 1 N–H and O–H groups in total. The Morgan fingerprint density at radius 1 is 1.25 bits per heavy atom. The van der Waals surface area contributed by atoms with Crippen LogP contribution in [0.25, 0.3) is 0 Å². The van der Waals surface area contributed by atoms with Gasteiger partial charge in [0, 0.05) is 11.1 Å². The molecule has 0 saturated carbocycles. The number of benzene rings is 1.